The Bertz CT molecular complexity index is 1170. The molecule has 2 aromatic rings. The lowest BCUT2D eigenvalue weighted by molar-refractivity contribution is 0.0149. The summed E-state index contributed by atoms with van der Waals surface area (Å²) < 4.78 is 17.8. The number of aromatic nitrogens is 2. The summed E-state index contributed by atoms with van der Waals surface area (Å²) in [5, 5.41) is 5.72. The predicted molar refractivity (Wildman–Crippen MR) is 143 cm³/mol. The van der Waals surface area contributed by atoms with Gasteiger partial charge in [-0.25, -0.2) is 19.6 Å². The quantitative estimate of drug-likeness (QED) is 0.487. The molecule has 2 aliphatic heterocycles. The van der Waals surface area contributed by atoms with Gasteiger partial charge in [0.05, 0.1) is 6.20 Å². The van der Waals surface area contributed by atoms with Crippen molar-refractivity contribution in [3.8, 4) is 5.75 Å². The highest BCUT2D eigenvalue weighted by molar-refractivity contribution is 9.10. The number of halogens is 1. The van der Waals surface area contributed by atoms with Gasteiger partial charge in [0.15, 0.2) is 5.82 Å². The number of nitrogens with zero attached hydrogens (tertiary/aromatic N) is 3. The molecule has 1 aromatic heterocycles. The van der Waals surface area contributed by atoms with Crippen molar-refractivity contribution in [1.82, 2.24) is 15.3 Å². The Labute approximate surface area is 225 Å². The van der Waals surface area contributed by atoms with Gasteiger partial charge in [0.2, 0.25) is 0 Å². The van der Waals surface area contributed by atoms with Crippen LogP contribution >= 0.6 is 15.9 Å². The van der Waals surface area contributed by atoms with Gasteiger partial charge in [0, 0.05) is 31.5 Å². The third kappa shape index (κ3) is 6.44. The van der Waals surface area contributed by atoms with Crippen LogP contribution in [-0.4, -0.2) is 52.0 Å². The maximum Gasteiger partial charge on any atom is 0.413 e. The van der Waals surface area contributed by atoms with Crippen molar-refractivity contribution in [3.63, 3.8) is 0 Å². The number of hydrogen-bond donors (Lipinski definition) is 2. The predicted octanol–water partition coefficient (Wildman–Crippen LogP) is 5.58. The van der Waals surface area contributed by atoms with E-state index in [1.54, 1.807) is 27.0 Å². The van der Waals surface area contributed by atoms with Crippen molar-refractivity contribution in [2.75, 3.05) is 23.3 Å². The van der Waals surface area contributed by atoms with E-state index in [1.165, 1.54) is 0 Å². The van der Waals surface area contributed by atoms with E-state index in [4.69, 9.17) is 14.2 Å². The van der Waals surface area contributed by atoms with Crippen LogP contribution in [0.15, 0.2) is 35.1 Å². The minimum Gasteiger partial charge on any atom is -0.484 e. The molecule has 3 heterocycles. The number of benzene rings is 1. The Morgan fingerprint density at radius 2 is 1.68 bits per heavy atom. The molecule has 1 fully saturated rings. The smallest absolute Gasteiger partial charge is 0.413 e. The van der Waals surface area contributed by atoms with Gasteiger partial charge in [-0.15, -0.1) is 0 Å². The molecule has 0 aliphatic carbocycles. The van der Waals surface area contributed by atoms with E-state index < -0.39 is 29.0 Å². The Morgan fingerprint density at radius 1 is 1.05 bits per heavy atom. The normalized spacial score (nSPS) is 18.6. The van der Waals surface area contributed by atoms with E-state index in [2.05, 4.69) is 41.4 Å². The number of rotatable bonds is 3. The van der Waals surface area contributed by atoms with Crippen LogP contribution in [0.5, 0.6) is 5.75 Å². The number of anilines is 2. The molecule has 1 spiro atoms. The van der Waals surface area contributed by atoms with Gasteiger partial charge in [-0.3, -0.25) is 5.32 Å². The number of alkyl carbamates (subject to hydrolysis) is 1. The first-order chi connectivity index (χ1) is 17.2. The summed E-state index contributed by atoms with van der Waals surface area (Å²) in [6.45, 7) is 12.1. The van der Waals surface area contributed by atoms with Crippen molar-refractivity contribution in [3.05, 3.63) is 40.6 Å². The summed E-state index contributed by atoms with van der Waals surface area (Å²) in [6.07, 6.45) is 1.84. The zero-order valence-electron chi connectivity index (χ0n) is 22.1. The Hall–Kier alpha value is -3.08. The maximum absolute atomic E-state index is 12.7. The molecule has 2 amide bonds. The van der Waals surface area contributed by atoms with Crippen LogP contribution < -0.4 is 20.3 Å². The minimum absolute atomic E-state index is 0.279. The molecule has 10 nitrogen and oxygen atoms in total. The maximum atomic E-state index is 12.7. The number of piperidine rings is 1. The molecule has 2 aliphatic rings. The number of carbonyl (C=O) groups is 2. The number of fused-ring (bicyclic) bond motifs is 1. The van der Waals surface area contributed by atoms with E-state index in [1.807, 2.05) is 45.0 Å². The molecular formula is C26H34BrN5O5. The number of ether oxygens (including phenoxy) is 3. The highest BCUT2D eigenvalue weighted by atomic mass is 79.9. The molecule has 0 radical (unpaired) electrons. The molecule has 0 saturated carbocycles. The zero-order valence-corrected chi connectivity index (χ0v) is 23.6. The molecule has 0 bridgehead atoms. The first-order valence-electron chi connectivity index (χ1n) is 12.3. The summed E-state index contributed by atoms with van der Waals surface area (Å²) in [6, 6.07) is 7.42. The van der Waals surface area contributed by atoms with E-state index in [0.717, 1.165) is 11.3 Å². The lowest BCUT2D eigenvalue weighted by Crippen LogP contribution is -2.54. The van der Waals surface area contributed by atoms with Gasteiger partial charge in [-0.2, -0.15) is 0 Å². The zero-order chi connectivity index (χ0) is 27.0. The molecule has 11 heteroatoms. The molecule has 4 rings (SSSR count). The number of para-hydroxylation sites is 1. The van der Waals surface area contributed by atoms with Gasteiger partial charge in [0.1, 0.15) is 39.0 Å². The second-order valence-corrected chi connectivity index (χ2v) is 12.0. The lowest BCUT2D eigenvalue weighted by Gasteiger charge is -2.42. The summed E-state index contributed by atoms with van der Waals surface area (Å²) in [4.78, 5) is 36.0. The third-order valence-corrected chi connectivity index (χ3v) is 6.58. The Morgan fingerprint density at radius 3 is 2.32 bits per heavy atom. The molecular weight excluding hydrogens is 542 g/mol. The lowest BCUT2D eigenvalue weighted by atomic mass is 9.82. The van der Waals surface area contributed by atoms with Crippen LogP contribution in [-0.2, 0) is 9.47 Å². The molecule has 1 aromatic carbocycles. The molecule has 2 N–H and O–H groups in total. The number of hydrogen-bond acceptors (Lipinski definition) is 8. The Balaban J connectivity index is 1.49. The van der Waals surface area contributed by atoms with Crippen LogP contribution in [0.1, 0.15) is 66.0 Å². The van der Waals surface area contributed by atoms with Crippen molar-refractivity contribution < 1.29 is 23.8 Å². The van der Waals surface area contributed by atoms with Gasteiger partial charge < -0.3 is 24.4 Å². The fourth-order valence-electron chi connectivity index (χ4n) is 4.51. The van der Waals surface area contributed by atoms with Gasteiger partial charge in [-0.05, 0) is 63.5 Å². The fourth-order valence-corrected chi connectivity index (χ4v) is 4.80. The van der Waals surface area contributed by atoms with Gasteiger partial charge >= 0.3 is 12.2 Å². The molecule has 200 valence electrons. The van der Waals surface area contributed by atoms with Crippen LogP contribution in [0.2, 0.25) is 0 Å². The van der Waals surface area contributed by atoms with Gasteiger partial charge in [0.25, 0.3) is 0 Å². The van der Waals surface area contributed by atoms with E-state index in [0.29, 0.717) is 36.4 Å². The highest BCUT2D eigenvalue weighted by Crippen LogP contribution is 2.48. The first-order valence-corrected chi connectivity index (χ1v) is 13.1. The minimum atomic E-state index is -0.633. The summed E-state index contributed by atoms with van der Waals surface area (Å²) in [5.74, 6) is 1.67. The first kappa shape index (κ1) is 27.0. The monoisotopic (exact) mass is 575 g/mol. The Kier molecular flexibility index (Phi) is 7.29. The molecule has 1 saturated heterocycles. The molecule has 37 heavy (non-hydrogen) atoms. The standard InChI is InChI=1S/C26H34BrN5O5/c1-24(2,3)36-22(33)30-19-16-9-7-8-10-17(16)35-26(19)11-13-32(14-12-26)18-15-28-20(27)21(29-18)31-23(34)37-25(4,5)6/h7-10,15,19H,11-14H2,1-6H3,(H,30,33)(H,29,31,34)/t19-/m1/s1. The third-order valence-electron chi connectivity index (χ3n) is 6.00. The van der Waals surface area contributed by atoms with Crippen LogP contribution in [0.4, 0.5) is 21.2 Å². The SMILES string of the molecule is CC(C)(C)OC(=O)Nc1nc(N2CCC3(CC2)Oc2ccccc2[C@H]3NC(=O)OC(C)(C)C)cnc1Br. The summed E-state index contributed by atoms with van der Waals surface area (Å²) >= 11 is 3.34. The molecule has 1 atom stereocenters. The second-order valence-electron chi connectivity index (χ2n) is 11.3. The number of carbonyl (C=O) groups excluding carboxylic acids is 2. The largest absolute Gasteiger partial charge is 0.484 e. The van der Waals surface area contributed by atoms with Crippen LogP contribution in [0, 0.1) is 0 Å². The topological polar surface area (TPSA) is 115 Å². The van der Waals surface area contributed by atoms with Crippen LogP contribution in [0.25, 0.3) is 0 Å². The van der Waals surface area contributed by atoms with E-state index >= 15 is 0 Å². The molecule has 0 unspecified atom stereocenters. The van der Waals surface area contributed by atoms with Crippen molar-refractivity contribution in [1.29, 1.82) is 0 Å². The summed E-state index contributed by atoms with van der Waals surface area (Å²) in [5.41, 5.74) is -0.914. The van der Waals surface area contributed by atoms with Gasteiger partial charge in [-0.1, -0.05) is 18.2 Å². The fraction of sp³-hybridized carbons (Fsp3) is 0.538. The summed E-state index contributed by atoms with van der Waals surface area (Å²) in [7, 11) is 0. The number of amides is 2. The van der Waals surface area contributed by atoms with Crippen molar-refractivity contribution >= 4 is 39.8 Å². The van der Waals surface area contributed by atoms with Crippen molar-refractivity contribution in [2.45, 2.75) is 77.2 Å². The second kappa shape index (κ2) is 10.00. The van der Waals surface area contributed by atoms with E-state index in [-0.39, 0.29) is 11.9 Å². The average Bonchev–Trinajstić information content (AvgIpc) is 3.06. The average molecular weight is 576 g/mol. The number of nitrogens with one attached hydrogen (secondary N) is 2. The van der Waals surface area contributed by atoms with Crippen LogP contribution in [0.3, 0.4) is 0 Å². The van der Waals surface area contributed by atoms with E-state index in [9.17, 15) is 9.59 Å². The van der Waals surface area contributed by atoms with Crippen molar-refractivity contribution in [2.24, 2.45) is 0 Å². The highest BCUT2D eigenvalue weighted by Gasteiger charge is 2.51.